The first kappa shape index (κ1) is 17.4. The zero-order chi connectivity index (χ0) is 16.8. The Morgan fingerprint density at radius 1 is 1.39 bits per heavy atom. The molecule has 0 aromatic heterocycles. The van der Waals surface area contributed by atoms with Gasteiger partial charge in [-0.1, -0.05) is 19.1 Å². The van der Waals surface area contributed by atoms with Crippen LogP contribution < -0.4 is 5.32 Å². The molecule has 1 N–H and O–H groups in total. The van der Waals surface area contributed by atoms with E-state index in [1.165, 1.54) is 12.1 Å². The molecule has 1 aliphatic rings. The Bertz CT molecular complexity index is 565. The number of rotatable bonds is 6. The van der Waals surface area contributed by atoms with Gasteiger partial charge >= 0.3 is 0 Å². The van der Waals surface area contributed by atoms with Crippen molar-refractivity contribution < 1.29 is 18.7 Å². The summed E-state index contributed by atoms with van der Waals surface area (Å²) in [6.45, 7) is 3.46. The third-order valence-corrected chi connectivity index (χ3v) is 4.19. The zero-order valence-corrected chi connectivity index (χ0v) is 13.5. The van der Waals surface area contributed by atoms with Crippen molar-refractivity contribution >= 4 is 11.8 Å². The van der Waals surface area contributed by atoms with E-state index in [1.807, 2.05) is 6.07 Å². The molecule has 0 bridgehead atoms. The Labute approximate surface area is 135 Å². The first-order valence-electron chi connectivity index (χ1n) is 7.86. The standard InChI is InChI=1S/C17H23FN2O3/c1-3-16(21)20-10-14(12-5-4-6-13(18)9-12)15(11-20)17(22)19-7-8-23-2/h4-6,9,14-15H,3,7-8,10-11H2,1-2H3,(H,19,22)/t14-,15+/m1/s1. The summed E-state index contributed by atoms with van der Waals surface area (Å²) in [5.74, 6) is -1.00. The summed E-state index contributed by atoms with van der Waals surface area (Å²) in [4.78, 5) is 26.1. The maximum Gasteiger partial charge on any atom is 0.225 e. The summed E-state index contributed by atoms with van der Waals surface area (Å²) in [7, 11) is 1.57. The SMILES string of the molecule is CCC(=O)N1C[C@H](C(=O)NCCOC)[C@@H](c2cccc(F)c2)C1. The highest BCUT2D eigenvalue weighted by atomic mass is 19.1. The van der Waals surface area contributed by atoms with Crippen molar-refractivity contribution in [2.75, 3.05) is 33.4 Å². The fraction of sp³-hybridized carbons (Fsp3) is 0.529. The van der Waals surface area contributed by atoms with Crippen LogP contribution in [0.2, 0.25) is 0 Å². The van der Waals surface area contributed by atoms with Crippen molar-refractivity contribution in [3.63, 3.8) is 0 Å². The summed E-state index contributed by atoms with van der Waals surface area (Å²) < 4.78 is 18.5. The number of amides is 2. The monoisotopic (exact) mass is 322 g/mol. The minimum absolute atomic E-state index is 0.0126. The van der Waals surface area contributed by atoms with E-state index in [4.69, 9.17) is 4.74 Å². The highest BCUT2D eigenvalue weighted by Gasteiger charge is 2.39. The Kier molecular flexibility index (Phi) is 6.10. The van der Waals surface area contributed by atoms with Gasteiger partial charge < -0.3 is 15.0 Å². The van der Waals surface area contributed by atoms with Gasteiger partial charge in [0.05, 0.1) is 12.5 Å². The van der Waals surface area contributed by atoms with E-state index in [1.54, 1.807) is 25.0 Å². The van der Waals surface area contributed by atoms with Crippen molar-refractivity contribution in [2.45, 2.75) is 19.3 Å². The molecule has 1 aromatic rings. The van der Waals surface area contributed by atoms with Crippen LogP contribution in [0.5, 0.6) is 0 Å². The largest absolute Gasteiger partial charge is 0.383 e. The maximum absolute atomic E-state index is 13.5. The molecule has 1 aliphatic heterocycles. The second-order valence-electron chi connectivity index (χ2n) is 5.70. The van der Waals surface area contributed by atoms with Gasteiger partial charge in [-0.3, -0.25) is 9.59 Å². The molecule has 5 nitrogen and oxygen atoms in total. The Morgan fingerprint density at radius 3 is 2.83 bits per heavy atom. The number of hydrogen-bond acceptors (Lipinski definition) is 3. The molecule has 2 rings (SSSR count). The summed E-state index contributed by atoms with van der Waals surface area (Å²) in [6, 6.07) is 6.26. The molecule has 1 saturated heterocycles. The molecule has 2 amide bonds. The lowest BCUT2D eigenvalue weighted by molar-refractivity contribution is -0.130. The van der Waals surface area contributed by atoms with Crippen molar-refractivity contribution in [2.24, 2.45) is 5.92 Å². The summed E-state index contributed by atoms with van der Waals surface area (Å²) in [6.07, 6.45) is 0.397. The van der Waals surface area contributed by atoms with Gasteiger partial charge in [0.25, 0.3) is 0 Å². The van der Waals surface area contributed by atoms with Gasteiger partial charge in [-0.2, -0.15) is 0 Å². The molecule has 0 aliphatic carbocycles. The molecule has 1 aromatic carbocycles. The molecule has 1 heterocycles. The van der Waals surface area contributed by atoms with Gasteiger partial charge in [-0.05, 0) is 17.7 Å². The number of nitrogens with zero attached hydrogens (tertiary/aromatic N) is 1. The molecule has 126 valence electrons. The van der Waals surface area contributed by atoms with Crippen LogP contribution in [0.4, 0.5) is 4.39 Å². The van der Waals surface area contributed by atoms with Crippen LogP contribution in [0.15, 0.2) is 24.3 Å². The zero-order valence-electron chi connectivity index (χ0n) is 13.5. The van der Waals surface area contributed by atoms with Crippen molar-refractivity contribution in [3.8, 4) is 0 Å². The van der Waals surface area contributed by atoms with Crippen LogP contribution in [-0.2, 0) is 14.3 Å². The predicted octanol–water partition coefficient (Wildman–Crippen LogP) is 1.54. The predicted molar refractivity (Wildman–Crippen MR) is 84.4 cm³/mol. The number of carbonyl (C=O) groups is 2. The number of nitrogens with one attached hydrogen (secondary N) is 1. The molecule has 23 heavy (non-hydrogen) atoms. The topological polar surface area (TPSA) is 58.6 Å². The van der Waals surface area contributed by atoms with Gasteiger partial charge in [0.15, 0.2) is 0 Å². The lowest BCUT2D eigenvalue weighted by atomic mass is 9.88. The minimum atomic E-state index is -0.371. The molecule has 0 radical (unpaired) electrons. The van der Waals surface area contributed by atoms with E-state index in [2.05, 4.69) is 5.32 Å². The molecule has 1 fully saturated rings. The molecular weight excluding hydrogens is 299 g/mol. The second-order valence-corrected chi connectivity index (χ2v) is 5.70. The first-order chi connectivity index (χ1) is 11.1. The average Bonchev–Trinajstić information content (AvgIpc) is 2.99. The quantitative estimate of drug-likeness (QED) is 0.808. The number of hydrogen-bond donors (Lipinski definition) is 1. The third kappa shape index (κ3) is 4.28. The molecule has 2 atom stereocenters. The maximum atomic E-state index is 13.5. The van der Waals surface area contributed by atoms with Gasteiger partial charge in [-0.15, -0.1) is 0 Å². The highest BCUT2D eigenvalue weighted by Crippen LogP contribution is 2.33. The van der Waals surface area contributed by atoms with Gasteiger partial charge in [0.2, 0.25) is 11.8 Å². The van der Waals surface area contributed by atoms with Crippen molar-refractivity contribution in [1.29, 1.82) is 0 Å². The molecule has 0 saturated carbocycles. The second kappa shape index (κ2) is 8.06. The van der Waals surface area contributed by atoms with E-state index in [0.717, 1.165) is 5.56 Å². The van der Waals surface area contributed by atoms with Crippen LogP contribution in [0, 0.1) is 11.7 Å². The normalized spacial score (nSPS) is 20.6. The van der Waals surface area contributed by atoms with Gasteiger partial charge in [0, 0.05) is 39.1 Å². The van der Waals surface area contributed by atoms with Crippen LogP contribution in [-0.4, -0.2) is 50.1 Å². The van der Waals surface area contributed by atoms with E-state index in [9.17, 15) is 14.0 Å². The number of methoxy groups -OCH3 is 1. The average molecular weight is 322 g/mol. The lowest BCUT2D eigenvalue weighted by Crippen LogP contribution is -2.37. The van der Waals surface area contributed by atoms with E-state index >= 15 is 0 Å². The Balaban J connectivity index is 2.17. The molecular formula is C17H23FN2O3. The number of ether oxygens (including phenoxy) is 1. The van der Waals surface area contributed by atoms with Crippen molar-refractivity contribution in [3.05, 3.63) is 35.6 Å². The molecule has 6 heteroatoms. The van der Waals surface area contributed by atoms with Crippen LogP contribution in [0.1, 0.15) is 24.8 Å². The lowest BCUT2D eigenvalue weighted by Gasteiger charge is -2.18. The number of likely N-dealkylation sites (tertiary alicyclic amines) is 1. The molecule has 0 spiro atoms. The fourth-order valence-electron chi connectivity index (χ4n) is 2.98. The number of halogens is 1. The van der Waals surface area contributed by atoms with E-state index in [-0.39, 0.29) is 29.5 Å². The minimum Gasteiger partial charge on any atom is -0.383 e. The third-order valence-electron chi connectivity index (χ3n) is 4.19. The Morgan fingerprint density at radius 2 is 2.17 bits per heavy atom. The highest BCUT2D eigenvalue weighted by molar-refractivity contribution is 5.83. The fourth-order valence-corrected chi connectivity index (χ4v) is 2.98. The van der Waals surface area contributed by atoms with Crippen LogP contribution in [0.25, 0.3) is 0 Å². The molecule has 0 unspecified atom stereocenters. The van der Waals surface area contributed by atoms with Crippen molar-refractivity contribution in [1.82, 2.24) is 10.2 Å². The summed E-state index contributed by atoms with van der Waals surface area (Å²) in [5, 5.41) is 2.82. The smallest absolute Gasteiger partial charge is 0.225 e. The summed E-state index contributed by atoms with van der Waals surface area (Å²) in [5.41, 5.74) is 0.753. The first-order valence-corrected chi connectivity index (χ1v) is 7.86. The Hall–Kier alpha value is -1.95. The van der Waals surface area contributed by atoms with Gasteiger partial charge in [-0.25, -0.2) is 4.39 Å². The van der Waals surface area contributed by atoms with E-state index < -0.39 is 0 Å². The summed E-state index contributed by atoms with van der Waals surface area (Å²) >= 11 is 0. The number of carbonyl (C=O) groups excluding carboxylic acids is 2. The van der Waals surface area contributed by atoms with Gasteiger partial charge in [0.1, 0.15) is 5.82 Å². The van der Waals surface area contributed by atoms with Crippen LogP contribution in [0.3, 0.4) is 0 Å². The number of benzene rings is 1. The van der Waals surface area contributed by atoms with Crippen LogP contribution >= 0.6 is 0 Å². The van der Waals surface area contributed by atoms with E-state index in [0.29, 0.717) is 32.7 Å².